The van der Waals surface area contributed by atoms with E-state index in [2.05, 4.69) is 0 Å². The smallest absolute Gasteiger partial charge is 0.227 e. The molecule has 0 aliphatic carbocycles. The highest BCUT2D eigenvalue weighted by atomic mass is 32.1. The number of likely N-dealkylation sites (tertiary alicyclic amines) is 1. The zero-order valence-electron chi connectivity index (χ0n) is 11.1. The molecular formula is C13H20N2O2S. The number of hydrogen-bond donors (Lipinski definition) is 1. The Morgan fingerprint density at radius 3 is 2.72 bits per heavy atom. The monoisotopic (exact) mass is 268 g/mol. The second-order valence-corrected chi connectivity index (χ2v) is 6.46. The summed E-state index contributed by atoms with van der Waals surface area (Å²) in [6.45, 7) is 3.11. The molecule has 1 N–H and O–H groups in total. The van der Waals surface area contributed by atoms with E-state index in [9.17, 15) is 9.90 Å². The molecule has 1 aliphatic heterocycles. The molecule has 0 unspecified atom stereocenters. The van der Waals surface area contributed by atoms with E-state index in [1.54, 1.807) is 16.2 Å². The predicted octanol–water partition coefficient (Wildman–Crippen LogP) is 0.732. The van der Waals surface area contributed by atoms with Gasteiger partial charge >= 0.3 is 0 Å². The van der Waals surface area contributed by atoms with Gasteiger partial charge in [-0.2, -0.15) is 0 Å². The summed E-state index contributed by atoms with van der Waals surface area (Å²) in [5.74, 6) is 0.111. The number of hydrogen-bond acceptors (Lipinski definition) is 4. The second-order valence-electron chi connectivity index (χ2n) is 5.09. The van der Waals surface area contributed by atoms with Crippen LogP contribution >= 0.6 is 11.3 Å². The van der Waals surface area contributed by atoms with Gasteiger partial charge in [-0.1, -0.05) is 0 Å². The zero-order chi connectivity index (χ0) is 13.3. The van der Waals surface area contributed by atoms with Crippen molar-refractivity contribution in [1.29, 1.82) is 0 Å². The van der Waals surface area contributed by atoms with Crippen LogP contribution in [0.4, 0.5) is 0 Å². The lowest BCUT2D eigenvalue weighted by molar-refractivity contribution is -0.129. The van der Waals surface area contributed by atoms with Crippen LogP contribution in [0.25, 0.3) is 0 Å². The van der Waals surface area contributed by atoms with Crippen LogP contribution in [0.1, 0.15) is 9.75 Å². The molecule has 100 valence electrons. The lowest BCUT2D eigenvalue weighted by atomic mass is 10.2. The molecule has 1 aromatic rings. The molecule has 4 nitrogen and oxygen atoms in total. The van der Waals surface area contributed by atoms with Crippen LogP contribution in [0, 0.1) is 6.92 Å². The first-order valence-corrected chi connectivity index (χ1v) is 6.96. The number of β-amino-alcohol motifs (C(OH)–C–C–N with tert-alkyl or cyclic N) is 1. The minimum absolute atomic E-state index is 0.0546. The average molecular weight is 268 g/mol. The van der Waals surface area contributed by atoms with E-state index in [1.165, 1.54) is 4.88 Å². The maximum absolute atomic E-state index is 12.1. The topological polar surface area (TPSA) is 43.8 Å². The molecule has 1 amide bonds. The molecule has 0 radical (unpaired) electrons. The van der Waals surface area contributed by atoms with Crippen molar-refractivity contribution in [2.75, 3.05) is 27.2 Å². The average Bonchev–Trinajstić information content (AvgIpc) is 2.85. The van der Waals surface area contributed by atoms with E-state index in [0.717, 1.165) is 4.88 Å². The van der Waals surface area contributed by atoms with E-state index < -0.39 is 6.10 Å². The molecular weight excluding hydrogens is 248 g/mol. The van der Waals surface area contributed by atoms with Gasteiger partial charge in [0.05, 0.1) is 18.6 Å². The molecule has 0 aromatic carbocycles. The first-order chi connectivity index (χ1) is 8.47. The van der Waals surface area contributed by atoms with Crippen LogP contribution in [-0.4, -0.2) is 60.1 Å². The lowest BCUT2D eigenvalue weighted by Gasteiger charge is -2.21. The Morgan fingerprint density at radius 1 is 1.50 bits per heavy atom. The van der Waals surface area contributed by atoms with E-state index in [1.807, 2.05) is 38.1 Å². The van der Waals surface area contributed by atoms with Gasteiger partial charge in [0.15, 0.2) is 0 Å². The number of nitrogens with zero attached hydrogens (tertiary/aromatic N) is 2. The van der Waals surface area contributed by atoms with Gasteiger partial charge in [0.25, 0.3) is 0 Å². The summed E-state index contributed by atoms with van der Waals surface area (Å²) in [7, 11) is 3.87. The van der Waals surface area contributed by atoms with Crippen molar-refractivity contribution in [1.82, 2.24) is 9.80 Å². The Morgan fingerprint density at radius 2 is 2.22 bits per heavy atom. The fraction of sp³-hybridized carbons (Fsp3) is 0.615. The minimum atomic E-state index is -0.436. The maximum atomic E-state index is 12.1. The van der Waals surface area contributed by atoms with Crippen molar-refractivity contribution in [3.63, 3.8) is 0 Å². The SMILES string of the molecule is Cc1ccc(CC(=O)N2C[C@@H](O)[C@H](N(C)C)C2)s1. The summed E-state index contributed by atoms with van der Waals surface area (Å²) < 4.78 is 0. The van der Waals surface area contributed by atoms with E-state index in [0.29, 0.717) is 19.5 Å². The highest BCUT2D eigenvalue weighted by Crippen LogP contribution is 2.19. The van der Waals surface area contributed by atoms with Crippen LogP contribution in [-0.2, 0) is 11.2 Å². The molecule has 0 saturated carbocycles. The third kappa shape index (κ3) is 2.91. The number of carbonyl (C=O) groups is 1. The van der Waals surface area contributed by atoms with Gasteiger partial charge in [0, 0.05) is 22.8 Å². The highest BCUT2D eigenvalue weighted by molar-refractivity contribution is 7.12. The summed E-state index contributed by atoms with van der Waals surface area (Å²) >= 11 is 1.66. The van der Waals surface area contributed by atoms with Crippen LogP contribution < -0.4 is 0 Å². The molecule has 18 heavy (non-hydrogen) atoms. The van der Waals surface area contributed by atoms with Gasteiger partial charge in [-0.25, -0.2) is 0 Å². The number of carbonyl (C=O) groups excluding carboxylic acids is 1. The molecule has 0 bridgehead atoms. The molecule has 5 heteroatoms. The van der Waals surface area contributed by atoms with Crippen molar-refractivity contribution in [2.45, 2.75) is 25.5 Å². The predicted molar refractivity (Wildman–Crippen MR) is 72.8 cm³/mol. The molecule has 2 rings (SSSR count). The summed E-state index contributed by atoms with van der Waals surface area (Å²) in [6.07, 6.45) is 0.0137. The Labute approximate surface area is 112 Å². The Hall–Kier alpha value is -0.910. The number of rotatable bonds is 3. The highest BCUT2D eigenvalue weighted by Gasteiger charge is 2.35. The van der Waals surface area contributed by atoms with Crippen molar-refractivity contribution >= 4 is 17.2 Å². The van der Waals surface area contributed by atoms with Crippen LogP contribution in [0.3, 0.4) is 0 Å². The van der Waals surface area contributed by atoms with Crippen molar-refractivity contribution in [3.05, 3.63) is 21.9 Å². The second kappa shape index (κ2) is 5.38. The number of amides is 1. The number of aliphatic hydroxyl groups excluding tert-OH is 1. The molecule has 1 aliphatic rings. The van der Waals surface area contributed by atoms with E-state index in [4.69, 9.17) is 0 Å². The normalized spacial score (nSPS) is 23.9. The van der Waals surface area contributed by atoms with Crippen molar-refractivity contribution in [3.8, 4) is 0 Å². The van der Waals surface area contributed by atoms with Crippen LogP contribution in [0.5, 0.6) is 0 Å². The third-order valence-electron chi connectivity index (χ3n) is 3.40. The van der Waals surface area contributed by atoms with Crippen LogP contribution in [0.2, 0.25) is 0 Å². The summed E-state index contributed by atoms with van der Waals surface area (Å²) in [4.78, 5) is 18.2. The minimum Gasteiger partial charge on any atom is -0.390 e. The van der Waals surface area contributed by atoms with Crippen LogP contribution in [0.15, 0.2) is 12.1 Å². The van der Waals surface area contributed by atoms with Gasteiger partial charge in [0.1, 0.15) is 0 Å². The first-order valence-electron chi connectivity index (χ1n) is 6.15. The Balaban J connectivity index is 1.95. The maximum Gasteiger partial charge on any atom is 0.227 e. The summed E-state index contributed by atoms with van der Waals surface area (Å²) in [5, 5.41) is 9.92. The van der Waals surface area contributed by atoms with Crippen molar-refractivity contribution < 1.29 is 9.90 Å². The number of aliphatic hydroxyl groups is 1. The molecule has 2 atom stereocenters. The molecule has 2 heterocycles. The standard InChI is InChI=1S/C13H20N2O2S/c1-9-4-5-10(18-9)6-13(17)15-7-11(14(2)3)12(16)8-15/h4-5,11-12,16H,6-8H2,1-3H3/t11-,12-/m1/s1. The van der Waals surface area contributed by atoms with Gasteiger partial charge in [-0.05, 0) is 33.2 Å². The summed E-state index contributed by atoms with van der Waals surface area (Å²) in [5.41, 5.74) is 0. The number of thiophene rings is 1. The lowest BCUT2D eigenvalue weighted by Crippen LogP contribution is -2.38. The number of likely N-dealkylation sites (N-methyl/N-ethyl adjacent to an activating group) is 1. The molecule has 0 spiro atoms. The number of aryl methyl sites for hydroxylation is 1. The fourth-order valence-electron chi connectivity index (χ4n) is 2.32. The van der Waals surface area contributed by atoms with E-state index >= 15 is 0 Å². The van der Waals surface area contributed by atoms with Crippen molar-refractivity contribution in [2.24, 2.45) is 0 Å². The Kier molecular flexibility index (Phi) is 4.04. The van der Waals surface area contributed by atoms with Gasteiger partial charge in [-0.3, -0.25) is 4.79 Å². The third-order valence-corrected chi connectivity index (χ3v) is 4.40. The Bertz CT molecular complexity index is 430. The van der Waals surface area contributed by atoms with Gasteiger partial charge in [0.2, 0.25) is 5.91 Å². The molecule has 1 fully saturated rings. The molecule has 1 saturated heterocycles. The zero-order valence-corrected chi connectivity index (χ0v) is 11.9. The van der Waals surface area contributed by atoms with E-state index in [-0.39, 0.29) is 11.9 Å². The quantitative estimate of drug-likeness (QED) is 0.879. The first kappa shape index (κ1) is 13.5. The van der Waals surface area contributed by atoms with Gasteiger partial charge in [-0.15, -0.1) is 11.3 Å². The van der Waals surface area contributed by atoms with Gasteiger partial charge < -0.3 is 14.9 Å². The summed E-state index contributed by atoms with van der Waals surface area (Å²) in [6, 6.07) is 4.10. The fourth-order valence-corrected chi connectivity index (χ4v) is 3.20. The largest absolute Gasteiger partial charge is 0.390 e. The molecule has 1 aromatic heterocycles.